The number of hydrogen-bond acceptors (Lipinski definition) is 7. The molecule has 34 heavy (non-hydrogen) atoms. The molecule has 3 aromatic heterocycles. The summed E-state index contributed by atoms with van der Waals surface area (Å²) in [7, 11) is 2.00. The maximum Gasteiger partial charge on any atom is 0.417 e. The molecule has 3 aromatic rings. The molecule has 4 heterocycles. The largest absolute Gasteiger partial charge is 0.417 e. The summed E-state index contributed by atoms with van der Waals surface area (Å²) in [5, 5.41) is 0.0867. The molecular weight excluding hydrogens is 491 g/mol. The van der Waals surface area contributed by atoms with Gasteiger partial charge >= 0.3 is 6.18 Å². The molecule has 0 bridgehead atoms. The number of aromatic nitrogens is 4. The molecule has 0 unspecified atom stereocenters. The zero-order valence-electron chi connectivity index (χ0n) is 18.4. The number of halogens is 4. The first-order chi connectivity index (χ1) is 16.0. The van der Waals surface area contributed by atoms with E-state index in [1.165, 1.54) is 6.20 Å². The number of hydrogen-bond donors (Lipinski definition) is 0. The Morgan fingerprint density at radius 1 is 1.15 bits per heavy atom. The number of nitrogens with zero attached hydrogens (tertiary/aromatic N) is 5. The number of likely N-dealkylation sites (N-methyl/N-ethyl adjacent to an activating group) is 1. The van der Waals surface area contributed by atoms with Crippen LogP contribution in [0, 0.1) is 0 Å². The van der Waals surface area contributed by atoms with Gasteiger partial charge < -0.3 is 4.57 Å². The number of Topliss-reactive ketones (excluding diaryl/α,β-unsaturated/α-hetero) is 2. The Labute approximate surface area is 202 Å². The van der Waals surface area contributed by atoms with Crippen LogP contribution in [0.15, 0.2) is 24.7 Å². The number of rotatable bonds is 7. The van der Waals surface area contributed by atoms with Crippen molar-refractivity contribution in [3.8, 4) is 0 Å². The fourth-order valence-corrected chi connectivity index (χ4v) is 4.88. The van der Waals surface area contributed by atoms with E-state index in [0.717, 1.165) is 36.0 Å². The number of imidazole rings is 1. The van der Waals surface area contributed by atoms with Crippen LogP contribution in [0.25, 0.3) is 0 Å². The lowest BCUT2D eigenvalue weighted by Gasteiger charge is -2.24. The Hall–Kier alpha value is -2.63. The van der Waals surface area contributed by atoms with Gasteiger partial charge in [-0.2, -0.15) is 13.2 Å². The van der Waals surface area contributed by atoms with Crippen LogP contribution in [0.3, 0.4) is 0 Å². The van der Waals surface area contributed by atoms with Crippen molar-refractivity contribution in [1.82, 2.24) is 24.4 Å². The summed E-state index contributed by atoms with van der Waals surface area (Å²) in [5.74, 6) is 0.168. The molecule has 180 valence electrons. The van der Waals surface area contributed by atoms with Crippen LogP contribution in [0.4, 0.5) is 13.2 Å². The molecule has 0 aliphatic carbocycles. The number of thiazole rings is 1. The van der Waals surface area contributed by atoms with E-state index in [4.69, 9.17) is 11.6 Å². The molecule has 0 amide bonds. The number of alkyl halides is 3. The average molecular weight is 512 g/mol. The van der Waals surface area contributed by atoms with Crippen LogP contribution in [0.2, 0.25) is 5.02 Å². The molecule has 0 radical (unpaired) electrons. The van der Waals surface area contributed by atoms with Crippen LogP contribution < -0.4 is 0 Å². The molecule has 4 rings (SSSR count). The number of carbonyl (C=O) groups is 2. The second kappa shape index (κ2) is 9.55. The van der Waals surface area contributed by atoms with Crippen LogP contribution in [0.5, 0.6) is 0 Å². The predicted octanol–water partition coefficient (Wildman–Crippen LogP) is 4.65. The molecule has 0 aromatic carbocycles. The number of pyridine rings is 1. The van der Waals surface area contributed by atoms with Gasteiger partial charge in [0.05, 0.1) is 39.6 Å². The quantitative estimate of drug-likeness (QED) is 0.429. The summed E-state index contributed by atoms with van der Waals surface area (Å²) < 4.78 is 41.1. The fourth-order valence-electron chi connectivity index (χ4n) is 3.77. The number of carbonyl (C=O) groups excluding carboxylic acids is 2. The summed E-state index contributed by atoms with van der Waals surface area (Å²) in [4.78, 5) is 40.4. The highest BCUT2D eigenvalue weighted by Gasteiger charge is 2.34. The molecule has 1 atom stereocenters. The fraction of sp³-hybridized carbons (Fsp3) is 0.409. The summed E-state index contributed by atoms with van der Waals surface area (Å²) in [6.45, 7) is 4.08. The molecule has 0 saturated carbocycles. The van der Waals surface area contributed by atoms with Gasteiger partial charge in [0.2, 0.25) is 0 Å². The third-order valence-electron chi connectivity index (χ3n) is 5.61. The van der Waals surface area contributed by atoms with Crippen molar-refractivity contribution in [1.29, 1.82) is 0 Å². The third-order valence-corrected chi connectivity index (χ3v) is 7.18. The van der Waals surface area contributed by atoms with Crippen molar-refractivity contribution in [3.63, 3.8) is 0 Å². The highest BCUT2D eigenvalue weighted by atomic mass is 35.5. The zero-order chi connectivity index (χ0) is 24.6. The number of ketones is 2. The van der Waals surface area contributed by atoms with Gasteiger partial charge in [0.25, 0.3) is 0 Å². The van der Waals surface area contributed by atoms with Crippen molar-refractivity contribution in [2.75, 3.05) is 13.6 Å². The summed E-state index contributed by atoms with van der Waals surface area (Å²) in [6, 6.07) is 0.785. The van der Waals surface area contributed by atoms with Crippen molar-refractivity contribution < 1.29 is 22.8 Å². The lowest BCUT2D eigenvalue weighted by molar-refractivity contribution is -0.137. The first kappa shape index (κ1) is 24.5. The van der Waals surface area contributed by atoms with Crippen LogP contribution in [-0.2, 0) is 25.7 Å². The maximum atomic E-state index is 13.1. The summed E-state index contributed by atoms with van der Waals surface area (Å²) in [6.07, 6.45) is -0.857. The Bertz CT molecular complexity index is 1240. The smallest absolute Gasteiger partial charge is 0.323 e. The van der Waals surface area contributed by atoms with E-state index in [1.807, 2.05) is 18.5 Å². The highest BCUT2D eigenvalue weighted by molar-refractivity contribution is 7.13. The summed E-state index contributed by atoms with van der Waals surface area (Å²) >= 11 is 6.72. The van der Waals surface area contributed by atoms with Gasteiger partial charge in [0.1, 0.15) is 11.5 Å². The minimum Gasteiger partial charge on any atom is -0.323 e. The molecule has 12 heteroatoms. The van der Waals surface area contributed by atoms with Crippen LogP contribution >= 0.6 is 22.9 Å². The molecular formula is C22H21ClF3N5O2S. The summed E-state index contributed by atoms with van der Waals surface area (Å²) in [5.41, 5.74) is -0.495. The minimum absolute atomic E-state index is 0.0314. The molecule has 0 fully saturated rings. The van der Waals surface area contributed by atoms with Gasteiger partial charge in [-0.1, -0.05) is 18.5 Å². The van der Waals surface area contributed by atoms with Gasteiger partial charge in [-0.3, -0.25) is 19.5 Å². The molecule has 1 aliphatic heterocycles. The lowest BCUT2D eigenvalue weighted by Crippen LogP contribution is -2.31. The normalized spacial score (nSPS) is 15.2. The van der Waals surface area contributed by atoms with Gasteiger partial charge in [0, 0.05) is 43.5 Å². The van der Waals surface area contributed by atoms with Gasteiger partial charge in [-0.25, -0.2) is 9.97 Å². The SMILES string of the molecule is C[C@@H](CC(=O)c1cnc2n1CCN(C)C2)c1ncc(C(=O)Cc2cc(C(F)(F)F)c(Cl)cn2)s1. The Morgan fingerprint density at radius 3 is 2.65 bits per heavy atom. The third kappa shape index (κ3) is 5.21. The topological polar surface area (TPSA) is 81.0 Å². The van der Waals surface area contributed by atoms with Crippen LogP contribution in [-0.4, -0.2) is 49.6 Å². The first-order valence-corrected chi connectivity index (χ1v) is 11.7. The molecule has 0 N–H and O–H groups in total. The second-order valence-corrected chi connectivity index (χ2v) is 9.76. The van der Waals surface area contributed by atoms with E-state index in [2.05, 4.69) is 19.9 Å². The monoisotopic (exact) mass is 511 g/mol. The van der Waals surface area contributed by atoms with Gasteiger partial charge in [0.15, 0.2) is 11.6 Å². The van der Waals surface area contributed by atoms with Crippen LogP contribution in [0.1, 0.15) is 61.5 Å². The minimum atomic E-state index is -4.64. The average Bonchev–Trinajstić information content (AvgIpc) is 3.41. The van der Waals surface area contributed by atoms with Gasteiger partial charge in [-0.05, 0) is 13.1 Å². The van der Waals surface area contributed by atoms with Crippen molar-refractivity contribution in [3.05, 3.63) is 62.3 Å². The predicted molar refractivity (Wildman–Crippen MR) is 120 cm³/mol. The van der Waals surface area contributed by atoms with Crippen molar-refractivity contribution in [2.45, 2.75) is 44.9 Å². The van der Waals surface area contributed by atoms with E-state index in [-0.39, 0.29) is 30.2 Å². The lowest BCUT2D eigenvalue weighted by atomic mass is 10.0. The first-order valence-electron chi connectivity index (χ1n) is 10.5. The van der Waals surface area contributed by atoms with Crippen molar-refractivity contribution >= 4 is 34.5 Å². The molecule has 1 aliphatic rings. The molecule has 0 saturated heterocycles. The zero-order valence-corrected chi connectivity index (χ0v) is 20.0. The van der Waals surface area contributed by atoms with Crippen molar-refractivity contribution in [2.24, 2.45) is 0 Å². The second-order valence-electron chi connectivity index (χ2n) is 8.29. The Balaban J connectivity index is 1.42. The van der Waals surface area contributed by atoms with E-state index in [0.29, 0.717) is 28.7 Å². The Morgan fingerprint density at radius 2 is 1.91 bits per heavy atom. The van der Waals surface area contributed by atoms with E-state index in [1.54, 1.807) is 6.20 Å². The number of fused-ring (bicyclic) bond motifs is 1. The van der Waals surface area contributed by atoms with Gasteiger partial charge in [-0.15, -0.1) is 11.3 Å². The van der Waals surface area contributed by atoms with E-state index < -0.39 is 22.5 Å². The highest BCUT2D eigenvalue weighted by Crippen LogP contribution is 2.35. The van der Waals surface area contributed by atoms with E-state index >= 15 is 0 Å². The molecule has 7 nitrogen and oxygen atoms in total. The molecule has 0 spiro atoms. The Kier molecular flexibility index (Phi) is 6.88. The standard InChI is InChI=1S/C22H21ClF3N5O2S/c1-12(5-17(32)16-9-28-20-11-30(2)3-4-31(16)20)21-29-10-19(34-21)18(33)7-13-6-14(22(24,25)26)15(23)8-27-13/h6,8-10,12H,3-5,7,11H2,1-2H3/t12-/m0/s1. The van der Waals surface area contributed by atoms with E-state index in [9.17, 15) is 22.8 Å². The maximum absolute atomic E-state index is 13.1.